The van der Waals surface area contributed by atoms with E-state index in [1.807, 2.05) is 6.92 Å². The zero-order chi connectivity index (χ0) is 19.1. The van der Waals surface area contributed by atoms with Crippen molar-refractivity contribution in [3.63, 3.8) is 0 Å². The summed E-state index contributed by atoms with van der Waals surface area (Å²) >= 11 is 9.25. The van der Waals surface area contributed by atoms with Crippen molar-refractivity contribution in [2.75, 3.05) is 10.6 Å². The van der Waals surface area contributed by atoms with E-state index < -0.39 is 6.10 Å². The second-order valence-corrected chi connectivity index (χ2v) is 6.99. The number of amides is 2. The first kappa shape index (κ1) is 20.3. The Hall–Kier alpha value is -2.05. The van der Waals surface area contributed by atoms with Crippen molar-refractivity contribution in [2.45, 2.75) is 32.8 Å². The van der Waals surface area contributed by atoms with Crippen LogP contribution in [0.2, 0.25) is 5.02 Å². The molecule has 0 spiro atoms. The summed E-state index contributed by atoms with van der Waals surface area (Å²) in [6.45, 7) is 3.60. The zero-order valence-corrected chi connectivity index (χ0v) is 16.9. The van der Waals surface area contributed by atoms with Gasteiger partial charge in [0.15, 0.2) is 6.10 Å². The molecular weight excluding hydrogens is 420 g/mol. The number of carbonyl (C=O) groups is 2. The van der Waals surface area contributed by atoms with Crippen molar-refractivity contribution < 1.29 is 14.3 Å². The highest BCUT2D eigenvalue weighted by Crippen LogP contribution is 2.29. The Labute approximate surface area is 166 Å². The summed E-state index contributed by atoms with van der Waals surface area (Å²) in [4.78, 5) is 24.0. The molecule has 2 aromatic rings. The maximum atomic E-state index is 12.4. The number of nitrogens with one attached hydrogen (secondary N) is 2. The van der Waals surface area contributed by atoms with Gasteiger partial charge in [-0.25, -0.2) is 0 Å². The Morgan fingerprint density at radius 1 is 1.15 bits per heavy atom. The van der Waals surface area contributed by atoms with Gasteiger partial charge in [0.05, 0.1) is 4.47 Å². The van der Waals surface area contributed by atoms with Crippen LogP contribution in [-0.2, 0) is 9.59 Å². The minimum absolute atomic E-state index is 0.0553. The second-order valence-electron chi connectivity index (χ2n) is 5.70. The molecule has 5 nitrogen and oxygen atoms in total. The summed E-state index contributed by atoms with van der Waals surface area (Å²) in [7, 11) is 0. The fourth-order valence-corrected chi connectivity index (χ4v) is 2.96. The smallest absolute Gasteiger partial charge is 0.265 e. The molecular formula is C19H20BrClN2O3. The van der Waals surface area contributed by atoms with Crippen LogP contribution in [0.25, 0.3) is 0 Å². The molecule has 2 rings (SSSR count). The third-order valence-electron chi connectivity index (χ3n) is 3.46. The van der Waals surface area contributed by atoms with Crippen molar-refractivity contribution in [3.8, 4) is 5.75 Å². The van der Waals surface area contributed by atoms with Crippen LogP contribution in [0, 0.1) is 0 Å². The van der Waals surface area contributed by atoms with Crippen LogP contribution in [0.3, 0.4) is 0 Å². The van der Waals surface area contributed by atoms with Crippen LogP contribution in [0.5, 0.6) is 5.75 Å². The molecule has 7 heteroatoms. The lowest BCUT2D eigenvalue weighted by atomic mass is 10.2. The topological polar surface area (TPSA) is 67.4 Å². The number of rotatable bonds is 7. The molecule has 0 heterocycles. The lowest BCUT2D eigenvalue weighted by Crippen LogP contribution is -2.30. The number of ether oxygens (including phenoxy) is 1. The van der Waals surface area contributed by atoms with Crippen molar-refractivity contribution in [1.82, 2.24) is 0 Å². The lowest BCUT2D eigenvalue weighted by molar-refractivity contribution is -0.122. The molecule has 0 aromatic heterocycles. The van der Waals surface area contributed by atoms with E-state index in [1.165, 1.54) is 0 Å². The molecule has 0 saturated heterocycles. The molecule has 2 N–H and O–H groups in total. The van der Waals surface area contributed by atoms with Crippen molar-refractivity contribution in [1.29, 1.82) is 0 Å². The van der Waals surface area contributed by atoms with Crippen LogP contribution >= 0.6 is 27.5 Å². The van der Waals surface area contributed by atoms with Crippen LogP contribution in [0.15, 0.2) is 46.9 Å². The van der Waals surface area contributed by atoms with Crippen LogP contribution in [0.1, 0.15) is 26.7 Å². The highest BCUT2D eigenvalue weighted by molar-refractivity contribution is 9.10. The average molecular weight is 440 g/mol. The molecule has 0 bridgehead atoms. The third kappa shape index (κ3) is 6.04. The standard InChI is InChI=1S/C19H20BrClN2O3/c1-3-5-18(24)22-14-6-4-7-15(11-14)23-19(25)12(2)26-17-9-8-13(21)10-16(17)20/h4,6-12H,3,5H2,1-2H3,(H,22,24)(H,23,25). The first-order valence-corrected chi connectivity index (χ1v) is 9.38. The molecule has 26 heavy (non-hydrogen) atoms. The first-order valence-electron chi connectivity index (χ1n) is 8.21. The molecule has 0 radical (unpaired) electrons. The van der Waals surface area contributed by atoms with Crippen LogP contribution in [0.4, 0.5) is 11.4 Å². The van der Waals surface area contributed by atoms with E-state index in [0.29, 0.717) is 33.0 Å². The maximum absolute atomic E-state index is 12.4. The van der Waals surface area contributed by atoms with Crippen molar-refractivity contribution in [3.05, 3.63) is 52.0 Å². The van der Waals surface area contributed by atoms with Crippen molar-refractivity contribution >= 4 is 50.7 Å². The number of hydrogen-bond donors (Lipinski definition) is 2. The lowest BCUT2D eigenvalue weighted by Gasteiger charge is -2.16. The fourth-order valence-electron chi connectivity index (χ4n) is 2.18. The average Bonchev–Trinajstić information content (AvgIpc) is 2.57. The fraction of sp³-hybridized carbons (Fsp3) is 0.263. The van der Waals surface area contributed by atoms with Gasteiger partial charge >= 0.3 is 0 Å². The number of carbonyl (C=O) groups excluding carboxylic acids is 2. The number of anilines is 2. The van der Waals surface area contributed by atoms with E-state index in [4.69, 9.17) is 16.3 Å². The monoisotopic (exact) mass is 438 g/mol. The number of halogens is 2. The van der Waals surface area contributed by atoms with Gasteiger partial charge in [-0.2, -0.15) is 0 Å². The van der Waals surface area contributed by atoms with Crippen molar-refractivity contribution in [2.24, 2.45) is 0 Å². The molecule has 0 aliphatic rings. The Balaban J connectivity index is 1.99. The highest BCUT2D eigenvalue weighted by Gasteiger charge is 2.16. The van der Waals surface area contributed by atoms with E-state index >= 15 is 0 Å². The third-order valence-corrected chi connectivity index (χ3v) is 4.31. The molecule has 0 aliphatic heterocycles. The Morgan fingerprint density at radius 2 is 1.85 bits per heavy atom. The van der Waals surface area contributed by atoms with Gasteiger partial charge in [0, 0.05) is 22.8 Å². The summed E-state index contributed by atoms with van der Waals surface area (Å²) in [5.74, 6) is 0.168. The molecule has 1 unspecified atom stereocenters. The summed E-state index contributed by atoms with van der Waals surface area (Å²) in [5, 5.41) is 6.15. The van der Waals surface area contributed by atoms with Crippen LogP contribution in [-0.4, -0.2) is 17.9 Å². The minimum Gasteiger partial charge on any atom is -0.480 e. The van der Waals surface area contributed by atoms with E-state index in [2.05, 4.69) is 26.6 Å². The van der Waals surface area contributed by atoms with E-state index in [0.717, 1.165) is 6.42 Å². The second kappa shape index (κ2) is 9.59. The normalized spacial score (nSPS) is 11.5. The summed E-state index contributed by atoms with van der Waals surface area (Å²) in [5.41, 5.74) is 1.21. The van der Waals surface area contributed by atoms with Gasteiger partial charge in [0.25, 0.3) is 5.91 Å². The van der Waals surface area contributed by atoms with Gasteiger partial charge in [-0.3, -0.25) is 9.59 Å². The predicted octanol–water partition coefficient (Wildman–Crippen LogP) is 5.25. The van der Waals surface area contributed by atoms with E-state index in [9.17, 15) is 9.59 Å². The van der Waals surface area contributed by atoms with E-state index in [-0.39, 0.29) is 11.8 Å². The van der Waals surface area contributed by atoms with Gasteiger partial charge in [-0.15, -0.1) is 0 Å². The largest absolute Gasteiger partial charge is 0.480 e. The maximum Gasteiger partial charge on any atom is 0.265 e. The SMILES string of the molecule is CCCC(=O)Nc1cccc(NC(=O)C(C)Oc2ccc(Cl)cc2Br)c1. The van der Waals surface area contributed by atoms with Gasteiger partial charge in [-0.1, -0.05) is 24.6 Å². The van der Waals surface area contributed by atoms with Gasteiger partial charge in [0.1, 0.15) is 5.75 Å². The zero-order valence-electron chi connectivity index (χ0n) is 14.5. The molecule has 0 aliphatic carbocycles. The molecule has 0 fully saturated rings. The predicted molar refractivity (Wildman–Crippen MR) is 108 cm³/mol. The van der Waals surface area contributed by atoms with Gasteiger partial charge < -0.3 is 15.4 Å². The Bertz CT molecular complexity index is 798. The molecule has 0 saturated carbocycles. The Morgan fingerprint density at radius 3 is 2.50 bits per heavy atom. The molecule has 2 aromatic carbocycles. The summed E-state index contributed by atoms with van der Waals surface area (Å²) in [6.07, 6.45) is 0.514. The summed E-state index contributed by atoms with van der Waals surface area (Å²) < 4.78 is 6.35. The molecule has 138 valence electrons. The van der Waals surface area contributed by atoms with Crippen LogP contribution < -0.4 is 15.4 Å². The highest BCUT2D eigenvalue weighted by atomic mass is 79.9. The quantitative estimate of drug-likeness (QED) is 0.619. The molecule has 2 amide bonds. The van der Waals surface area contributed by atoms with Gasteiger partial charge in [-0.05, 0) is 65.7 Å². The number of benzene rings is 2. The number of hydrogen-bond acceptors (Lipinski definition) is 3. The van der Waals surface area contributed by atoms with E-state index in [1.54, 1.807) is 49.4 Å². The van der Waals surface area contributed by atoms with Gasteiger partial charge in [0.2, 0.25) is 5.91 Å². The Kier molecular flexibility index (Phi) is 7.48. The summed E-state index contributed by atoms with van der Waals surface area (Å²) in [6, 6.07) is 12.1. The molecule has 1 atom stereocenters. The minimum atomic E-state index is -0.717. The first-order chi connectivity index (χ1) is 12.4.